The molecule has 0 spiro atoms. The second kappa shape index (κ2) is 9.28. The highest BCUT2D eigenvalue weighted by Crippen LogP contribution is 2.17. The minimum absolute atomic E-state index is 0.0309. The van der Waals surface area contributed by atoms with E-state index in [0.29, 0.717) is 30.9 Å². The van der Waals surface area contributed by atoms with Crippen LogP contribution in [0.5, 0.6) is 5.75 Å². The van der Waals surface area contributed by atoms with Crippen LogP contribution in [0.25, 0.3) is 0 Å². The molecule has 0 bridgehead atoms. The van der Waals surface area contributed by atoms with Crippen LogP contribution in [0.4, 0.5) is 5.69 Å². The Kier molecular flexibility index (Phi) is 6.76. The summed E-state index contributed by atoms with van der Waals surface area (Å²) in [4.78, 5) is 16.9. The molecule has 0 aromatic heterocycles. The number of nitrogens with one attached hydrogen (secondary N) is 1. The third-order valence-corrected chi connectivity index (χ3v) is 5.34. The second-order valence-corrected chi connectivity index (χ2v) is 8.85. The molecule has 1 heterocycles. The molecular formula is C21H27N3O4S. The maximum absolute atomic E-state index is 12.7. The van der Waals surface area contributed by atoms with E-state index in [4.69, 9.17) is 4.74 Å². The van der Waals surface area contributed by atoms with E-state index in [9.17, 15) is 13.2 Å². The monoisotopic (exact) mass is 417 g/mol. The van der Waals surface area contributed by atoms with E-state index >= 15 is 0 Å². The summed E-state index contributed by atoms with van der Waals surface area (Å²) in [6.07, 6.45) is 1.10. The summed E-state index contributed by atoms with van der Waals surface area (Å²) in [6.45, 7) is 6.43. The van der Waals surface area contributed by atoms with Gasteiger partial charge in [-0.3, -0.25) is 14.4 Å². The molecule has 1 saturated heterocycles. The highest BCUT2D eigenvalue weighted by atomic mass is 32.2. The number of amides is 1. The van der Waals surface area contributed by atoms with Gasteiger partial charge < -0.3 is 9.64 Å². The summed E-state index contributed by atoms with van der Waals surface area (Å²) in [5.41, 5.74) is 2.23. The first-order valence-electron chi connectivity index (χ1n) is 9.65. The topological polar surface area (TPSA) is 79.0 Å². The molecule has 29 heavy (non-hydrogen) atoms. The van der Waals surface area contributed by atoms with E-state index in [2.05, 4.69) is 21.8 Å². The molecule has 0 radical (unpaired) electrons. The van der Waals surface area contributed by atoms with Gasteiger partial charge in [-0.05, 0) is 48.9 Å². The van der Waals surface area contributed by atoms with Crippen LogP contribution in [0.1, 0.15) is 22.8 Å². The number of anilines is 1. The Labute approximate surface area is 172 Å². The van der Waals surface area contributed by atoms with Gasteiger partial charge in [0.05, 0.1) is 12.9 Å². The molecule has 2 aromatic rings. The van der Waals surface area contributed by atoms with Gasteiger partial charge in [-0.2, -0.15) is 0 Å². The first kappa shape index (κ1) is 21.1. The molecule has 1 fully saturated rings. The Morgan fingerprint density at radius 1 is 1.00 bits per heavy atom. The Morgan fingerprint density at radius 3 is 2.17 bits per heavy atom. The quantitative estimate of drug-likeness (QED) is 0.749. The van der Waals surface area contributed by atoms with Crippen molar-refractivity contribution in [2.75, 3.05) is 43.8 Å². The zero-order valence-corrected chi connectivity index (χ0v) is 17.6. The van der Waals surface area contributed by atoms with Gasteiger partial charge in [-0.25, -0.2) is 8.42 Å². The average Bonchev–Trinajstić information content (AvgIpc) is 2.69. The standard InChI is InChI=1S/C21H27N3O4S/c1-3-28-20-10-4-17(5-11-20)16-23-12-14-24(15-13-23)21(25)18-6-8-19(9-7-18)22-29(2,26)27/h4-11,22H,3,12-16H2,1-2H3. The fraction of sp³-hybridized carbons (Fsp3) is 0.381. The van der Waals surface area contributed by atoms with E-state index in [1.807, 2.05) is 24.0 Å². The van der Waals surface area contributed by atoms with Crippen LogP contribution >= 0.6 is 0 Å². The Morgan fingerprint density at radius 2 is 1.62 bits per heavy atom. The highest BCUT2D eigenvalue weighted by molar-refractivity contribution is 7.92. The lowest BCUT2D eigenvalue weighted by atomic mass is 10.1. The molecule has 3 rings (SSSR count). The molecule has 0 aliphatic carbocycles. The van der Waals surface area contributed by atoms with Crippen LogP contribution in [0.15, 0.2) is 48.5 Å². The van der Waals surface area contributed by atoms with Gasteiger partial charge in [0.15, 0.2) is 0 Å². The largest absolute Gasteiger partial charge is 0.494 e. The average molecular weight is 418 g/mol. The van der Waals surface area contributed by atoms with Crippen LogP contribution in [0.2, 0.25) is 0 Å². The number of sulfonamides is 1. The van der Waals surface area contributed by atoms with Crippen LogP contribution in [-0.4, -0.2) is 63.2 Å². The fourth-order valence-corrected chi connectivity index (χ4v) is 3.87. The second-order valence-electron chi connectivity index (χ2n) is 7.10. The van der Waals surface area contributed by atoms with Crippen molar-refractivity contribution < 1.29 is 17.9 Å². The third-order valence-electron chi connectivity index (χ3n) is 4.74. The summed E-state index contributed by atoms with van der Waals surface area (Å²) in [5, 5.41) is 0. The lowest BCUT2D eigenvalue weighted by Gasteiger charge is -2.34. The number of rotatable bonds is 7. The van der Waals surface area contributed by atoms with Gasteiger partial charge in [0.1, 0.15) is 5.75 Å². The molecule has 0 saturated carbocycles. The van der Waals surface area contributed by atoms with Gasteiger partial charge in [0.25, 0.3) is 5.91 Å². The van der Waals surface area contributed by atoms with Gasteiger partial charge in [0, 0.05) is 44.0 Å². The molecule has 1 amide bonds. The zero-order valence-electron chi connectivity index (χ0n) is 16.8. The maximum Gasteiger partial charge on any atom is 0.253 e. The van der Waals surface area contributed by atoms with E-state index in [0.717, 1.165) is 31.6 Å². The molecular weight excluding hydrogens is 390 g/mol. The zero-order chi connectivity index (χ0) is 20.9. The van der Waals surface area contributed by atoms with E-state index in [-0.39, 0.29) is 5.91 Å². The first-order valence-corrected chi connectivity index (χ1v) is 11.5. The van der Waals surface area contributed by atoms with Crippen molar-refractivity contribution in [3.05, 3.63) is 59.7 Å². The molecule has 0 unspecified atom stereocenters. The number of benzene rings is 2. The predicted molar refractivity (Wildman–Crippen MR) is 114 cm³/mol. The fourth-order valence-electron chi connectivity index (χ4n) is 3.30. The molecule has 8 heteroatoms. The SMILES string of the molecule is CCOc1ccc(CN2CCN(C(=O)c3ccc(NS(C)(=O)=O)cc3)CC2)cc1. The molecule has 156 valence electrons. The Hall–Kier alpha value is -2.58. The lowest BCUT2D eigenvalue weighted by Crippen LogP contribution is -2.48. The van der Waals surface area contributed by atoms with Gasteiger partial charge >= 0.3 is 0 Å². The van der Waals surface area contributed by atoms with Crippen molar-refractivity contribution in [1.29, 1.82) is 0 Å². The molecule has 7 nitrogen and oxygen atoms in total. The van der Waals surface area contributed by atoms with E-state index in [1.54, 1.807) is 24.3 Å². The maximum atomic E-state index is 12.7. The van der Waals surface area contributed by atoms with Crippen molar-refractivity contribution in [2.45, 2.75) is 13.5 Å². The highest BCUT2D eigenvalue weighted by Gasteiger charge is 2.22. The molecule has 1 N–H and O–H groups in total. The van der Waals surface area contributed by atoms with Crippen LogP contribution < -0.4 is 9.46 Å². The van der Waals surface area contributed by atoms with E-state index in [1.165, 1.54) is 5.56 Å². The predicted octanol–water partition coefficient (Wildman–Crippen LogP) is 2.41. The van der Waals surface area contributed by atoms with Crippen molar-refractivity contribution >= 4 is 21.6 Å². The van der Waals surface area contributed by atoms with Crippen molar-refractivity contribution in [3.63, 3.8) is 0 Å². The number of piperazine rings is 1. The van der Waals surface area contributed by atoms with Crippen LogP contribution in [0.3, 0.4) is 0 Å². The number of hydrogen-bond donors (Lipinski definition) is 1. The van der Waals surface area contributed by atoms with Crippen molar-refractivity contribution in [1.82, 2.24) is 9.80 Å². The number of carbonyl (C=O) groups is 1. The number of hydrogen-bond acceptors (Lipinski definition) is 5. The Bertz CT molecular complexity index is 919. The number of nitrogens with zero attached hydrogens (tertiary/aromatic N) is 2. The Balaban J connectivity index is 1.51. The molecule has 1 aliphatic heterocycles. The van der Waals surface area contributed by atoms with Crippen LogP contribution in [-0.2, 0) is 16.6 Å². The lowest BCUT2D eigenvalue weighted by molar-refractivity contribution is 0.0628. The van der Waals surface area contributed by atoms with Crippen LogP contribution in [0, 0.1) is 0 Å². The molecule has 0 atom stereocenters. The summed E-state index contributed by atoms with van der Waals surface area (Å²) < 4.78 is 30.4. The normalized spacial score (nSPS) is 15.2. The first-order chi connectivity index (χ1) is 13.8. The third kappa shape index (κ3) is 6.20. The van der Waals surface area contributed by atoms with Gasteiger partial charge in [-0.15, -0.1) is 0 Å². The molecule has 1 aliphatic rings. The van der Waals surface area contributed by atoms with Crippen molar-refractivity contribution in [2.24, 2.45) is 0 Å². The smallest absolute Gasteiger partial charge is 0.253 e. The number of carbonyl (C=O) groups excluding carboxylic acids is 1. The summed E-state index contributed by atoms with van der Waals surface area (Å²) in [6, 6.07) is 14.7. The van der Waals surface area contributed by atoms with Crippen molar-refractivity contribution in [3.8, 4) is 5.75 Å². The number of ether oxygens (including phenoxy) is 1. The molecule has 2 aromatic carbocycles. The minimum Gasteiger partial charge on any atom is -0.494 e. The summed E-state index contributed by atoms with van der Waals surface area (Å²) in [7, 11) is -3.33. The van der Waals surface area contributed by atoms with E-state index < -0.39 is 10.0 Å². The van der Waals surface area contributed by atoms with Gasteiger partial charge in [0.2, 0.25) is 10.0 Å². The summed E-state index contributed by atoms with van der Waals surface area (Å²) >= 11 is 0. The summed E-state index contributed by atoms with van der Waals surface area (Å²) in [5.74, 6) is 0.848. The van der Waals surface area contributed by atoms with Gasteiger partial charge in [-0.1, -0.05) is 12.1 Å². The minimum atomic E-state index is -3.33.